The normalized spacial score (nSPS) is 14.2. The number of ether oxygens (including phenoxy) is 1. The molecule has 202 valence electrons. The minimum Gasteiger partial charge on any atom is -0.383 e. The first kappa shape index (κ1) is 27.4. The van der Waals surface area contributed by atoms with Crippen LogP contribution in [-0.2, 0) is 33.6 Å². The number of carbonyl (C=O) groups excluding carboxylic acids is 2. The van der Waals surface area contributed by atoms with Gasteiger partial charge >= 0.3 is 11.9 Å². The van der Waals surface area contributed by atoms with Crippen LogP contribution in [0.1, 0.15) is 30.0 Å². The van der Waals surface area contributed by atoms with E-state index in [2.05, 4.69) is 15.7 Å². The molecule has 0 saturated heterocycles. The van der Waals surface area contributed by atoms with Crippen LogP contribution < -0.4 is 16.3 Å². The van der Waals surface area contributed by atoms with Crippen LogP contribution in [0.25, 0.3) is 11.4 Å². The van der Waals surface area contributed by atoms with E-state index in [-0.39, 0.29) is 25.0 Å². The number of hydrogen-bond acceptors (Lipinski definition) is 5. The van der Waals surface area contributed by atoms with Gasteiger partial charge in [-0.1, -0.05) is 29.8 Å². The van der Waals surface area contributed by atoms with Gasteiger partial charge in [-0.15, -0.1) is 5.10 Å². The maximum atomic E-state index is 13.7. The van der Waals surface area contributed by atoms with E-state index in [9.17, 15) is 27.6 Å². The zero-order valence-corrected chi connectivity index (χ0v) is 21.1. The van der Waals surface area contributed by atoms with Gasteiger partial charge in [0.25, 0.3) is 0 Å². The highest BCUT2D eigenvalue weighted by molar-refractivity contribution is 6.30. The number of amides is 2. The van der Waals surface area contributed by atoms with Gasteiger partial charge in [0.2, 0.25) is 11.8 Å². The smallest absolute Gasteiger partial charge is 0.383 e. The van der Waals surface area contributed by atoms with Crippen molar-refractivity contribution < 1.29 is 27.5 Å². The summed E-state index contributed by atoms with van der Waals surface area (Å²) >= 11 is 5.96. The van der Waals surface area contributed by atoms with Crippen LogP contribution in [0.15, 0.2) is 53.3 Å². The third-order valence-corrected chi connectivity index (χ3v) is 6.16. The minimum absolute atomic E-state index is 0.139. The lowest BCUT2D eigenvalue weighted by Crippen LogP contribution is -2.44. The summed E-state index contributed by atoms with van der Waals surface area (Å²) in [5.41, 5.74) is -1.51. The number of benzene rings is 2. The second-order valence-electron chi connectivity index (χ2n) is 8.78. The Morgan fingerprint density at radius 3 is 2.47 bits per heavy atom. The number of rotatable bonds is 10. The first-order valence-electron chi connectivity index (χ1n) is 11.8. The van der Waals surface area contributed by atoms with E-state index >= 15 is 0 Å². The highest BCUT2D eigenvalue weighted by Crippen LogP contribution is 2.35. The number of nitrogens with zero attached hydrogens (tertiary/aromatic N) is 3. The summed E-state index contributed by atoms with van der Waals surface area (Å²) in [6, 6.07) is 9.33. The first-order valence-corrected chi connectivity index (χ1v) is 12.1. The van der Waals surface area contributed by atoms with Gasteiger partial charge in [-0.2, -0.15) is 13.2 Å². The molecule has 4 rings (SSSR count). The lowest BCUT2D eigenvalue weighted by molar-refractivity contribution is -0.139. The molecule has 1 fully saturated rings. The largest absolute Gasteiger partial charge is 0.416 e. The van der Waals surface area contributed by atoms with E-state index in [1.807, 2.05) is 0 Å². The third kappa shape index (κ3) is 6.43. The lowest BCUT2D eigenvalue weighted by Gasteiger charge is -2.22. The molecule has 2 aromatic carbocycles. The molecule has 1 saturated carbocycles. The number of nitrogens with one attached hydrogen (secondary N) is 2. The van der Waals surface area contributed by atoms with Gasteiger partial charge in [-0.05, 0) is 48.7 Å². The van der Waals surface area contributed by atoms with E-state index in [0.717, 1.165) is 16.8 Å². The average Bonchev–Trinajstić information content (AvgIpc) is 3.64. The lowest BCUT2D eigenvalue weighted by atomic mass is 9.99. The number of aromatic nitrogens is 3. The third-order valence-electron chi connectivity index (χ3n) is 5.91. The number of carbonyl (C=O) groups is 2. The van der Waals surface area contributed by atoms with Gasteiger partial charge in [0.1, 0.15) is 12.6 Å². The van der Waals surface area contributed by atoms with Crippen molar-refractivity contribution in [2.45, 2.75) is 44.2 Å². The molecule has 38 heavy (non-hydrogen) atoms. The maximum absolute atomic E-state index is 13.7. The predicted molar refractivity (Wildman–Crippen MR) is 132 cm³/mol. The highest BCUT2D eigenvalue weighted by Gasteiger charge is 2.38. The SMILES string of the molecule is COCCn1c(-c2ccc(Cl)cc2)nn(CC(=O)NC(C(=O)NC2CC2)c2ccccc2C(F)(F)F)c1=O. The molecule has 3 aromatic rings. The van der Waals surface area contributed by atoms with Crippen LogP contribution in [0.5, 0.6) is 0 Å². The molecule has 13 heteroatoms. The Morgan fingerprint density at radius 2 is 1.84 bits per heavy atom. The topological polar surface area (TPSA) is 107 Å². The Bertz CT molecular complexity index is 1370. The molecular weight excluding hydrogens is 527 g/mol. The van der Waals surface area contributed by atoms with Crippen molar-refractivity contribution in [2.75, 3.05) is 13.7 Å². The van der Waals surface area contributed by atoms with Crippen molar-refractivity contribution >= 4 is 23.4 Å². The molecule has 9 nitrogen and oxygen atoms in total. The van der Waals surface area contributed by atoms with E-state index < -0.39 is 47.4 Å². The number of hydrogen-bond donors (Lipinski definition) is 2. The molecule has 0 radical (unpaired) electrons. The molecule has 1 aromatic heterocycles. The molecule has 0 aliphatic heterocycles. The summed E-state index contributed by atoms with van der Waals surface area (Å²) < 4.78 is 48.4. The van der Waals surface area contributed by atoms with Gasteiger partial charge in [-0.25, -0.2) is 9.48 Å². The maximum Gasteiger partial charge on any atom is 0.416 e. The Hall–Kier alpha value is -3.64. The molecule has 0 spiro atoms. The molecule has 1 atom stereocenters. The Balaban J connectivity index is 1.63. The summed E-state index contributed by atoms with van der Waals surface area (Å²) in [5.74, 6) is -1.38. The van der Waals surface area contributed by atoms with E-state index in [1.54, 1.807) is 24.3 Å². The summed E-state index contributed by atoms with van der Waals surface area (Å²) in [6.07, 6.45) is -3.34. The fourth-order valence-corrected chi connectivity index (χ4v) is 4.01. The van der Waals surface area contributed by atoms with E-state index in [0.29, 0.717) is 23.4 Å². The molecule has 0 bridgehead atoms. The summed E-state index contributed by atoms with van der Waals surface area (Å²) in [5, 5.41) is 9.76. The van der Waals surface area contributed by atoms with Gasteiger partial charge in [0.15, 0.2) is 5.82 Å². The predicted octanol–water partition coefficient (Wildman–Crippen LogP) is 3.17. The molecule has 2 N–H and O–H groups in total. The first-order chi connectivity index (χ1) is 18.1. The minimum atomic E-state index is -4.75. The van der Waals surface area contributed by atoms with Crippen LogP contribution in [0.3, 0.4) is 0 Å². The van der Waals surface area contributed by atoms with Crippen LogP contribution in [0, 0.1) is 0 Å². The van der Waals surface area contributed by atoms with Crippen molar-refractivity contribution in [3.05, 3.63) is 75.2 Å². The van der Waals surface area contributed by atoms with Crippen LogP contribution in [0.2, 0.25) is 5.02 Å². The number of methoxy groups -OCH3 is 1. The Labute approximate surface area is 220 Å². The van der Waals surface area contributed by atoms with Crippen molar-refractivity contribution in [1.29, 1.82) is 0 Å². The fourth-order valence-electron chi connectivity index (χ4n) is 3.89. The second kappa shape index (κ2) is 11.4. The van der Waals surface area contributed by atoms with Crippen molar-refractivity contribution in [3.63, 3.8) is 0 Å². The van der Waals surface area contributed by atoms with Gasteiger partial charge < -0.3 is 15.4 Å². The molecule has 1 aliphatic carbocycles. The second-order valence-corrected chi connectivity index (χ2v) is 9.22. The number of halogens is 4. The molecule has 1 heterocycles. The average molecular weight is 552 g/mol. The van der Waals surface area contributed by atoms with Crippen molar-refractivity contribution in [1.82, 2.24) is 25.0 Å². The zero-order valence-electron chi connectivity index (χ0n) is 20.3. The quantitative estimate of drug-likeness (QED) is 0.402. The van der Waals surface area contributed by atoms with Crippen LogP contribution in [-0.4, -0.2) is 45.9 Å². The molecular formula is C25H25ClF3N5O4. The summed E-state index contributed by atoms with van der Waals surface area (Å²) in [4.78, 5) is 39.0. The van der Waals surface area contributed by atoms with Crippen molar-refractivity contribution in [3.8, 4) is 11.4 Å². The van der Waals surface area contributed by atoms with Gasteiger partial charge in [-0.3, -0.25) is 14.2 Å². The monoisotopic (exact) mass is 551 g/mol. The van der Waals surface area contributed by atoms with Crippen molar-refractivity contribution in [2.24, 2.45) is 0 Å². The van der Waals surface area contributed by atoms with Crippen LogP contribution in [0.4, 0.5) is 13.2 Å². The fraction of sp³-hybridized carbons (Fsp3) is 0.360. The Kier molecular flexibility index (Phi) is 8.22. The standard InChI is InChI=1S/C25H25ClF3N5O4/c1-38-13-12-33-22(15-6-8-16(26)9-7-15)32-34(24(33)37)14-20(35)31-21(23(36)30-17-10-11-17)18-4-2-3-5-19(18)25(27,28)29/h2-9,17,21H,10-14H2,1H3,(H,30,36)(H,31,35). The van der Waals surface area contributed by atoms with Gasteiger partial charge in [0.05, 0.1) is 18.7 Å². The summed E-state index contributed by atoms with van der Waals surface area (Å²) in [7, 11) is 1.47. The Morgan fingerprint density at radius 1 is 1.16 bits per heavy atom. The molecule has 1 unspecified atom stereocenters. The molecule has 2 amide bonds. The number of alkyl halides is 3. The molecule has 1 aliphatic rings. The zero-order chi connectivity index (χ0) is 27.4. The highest BCUT2D eigenvalue weighted by atomic mass is 35.5. The van der Waals surface area contributed by atoms with E-state index in [4.69, 9.17) is 16.3 Å². The summed E-state index contributed by atoms with van der Waals surface area (Å²) in [6.45, 7) is -0.295. The van der Waals surface area contributed by atoms with E-state index in [1.165, 1.54) is 23.8 Å². The van der Waals surface area contributed by atoms with Gasteiger partial charge in [0, 0.05) is 23.7 Å². The van der Waals surface area contributed by atoms with Crippen LogP contribution >= 0.6 is 11.6 Å².